The maximum atomic E-state index is 12.2. The Labute approximate surface area is 179 Å². The van der Waals surface area contributed by atoms with Crippen molar-refractivity contribution in [3.63, 3.8) is 0 Å². The van der Waals surface area contributed by atoms with Crippen molar-refractivity contribution in [1.82, 2.24) is 0 Å². The summed E-state index contributed by atoms with van der Waals surface area (Å²) < 4.78 is 12.1. The Bertz CT molecular complexity index is 1210. The number of nitriles is 1. The molecule has 0 saturated heterocycles. The van der Waals surface area contributed by atoms with Crippen LogP contribution in [0.4, 0.5) is 0 Å². The van der Waals surface area contributed by atoms with Crippen LogP contribution in [0.1, 0.15) is 55.5 Å². The topological polar surface area (TPSA) is 102 Å². The standard InChI is InChI=1S/C25H20N2O4/c1-15-22(10-9-20-21(28)11-12-30-23(15)20)31-24(19-4-2-3-16(13-19)14-26)17-5-7-18(8-6-17)25(27)29/h2-10,13,24H,11-12H2,1H3,(H2,27,29)/t24-/m1/s1. The molecule has 3 aromatic rings. The minimum atomic E-state index is -0.550. The maximum absolute atomic E-state index is 12.2. The number of nitrogens with two attached hydrogens (primary N) is 1. The van der Waals surface area contributed by atoms with Gasteiger partial charge < -0.3 is 15.2 Å². The van der Waals surface area contributed by atoms with Crippen molar-refractivity contribution in [3.8, 4) is 17.6 Å². The molecule has 0 saturated carbocycles. The van der Waals surface area contributed by atoms with E-state index in [4.69, 9.17) is 15.2 Å². The van der Waals surface area contributed by atoms with Crippen LogP contribution in [0.5, 0.6) is 11.5 Å². The fourth-order valence-corrected chi connectivity index (χ4v) is 3.64. The van der Waals surface area contributed by atoms with Crippen LogP contribution in [0, 0.1) is 18.3 Å². The molecule has 1 amide bonds. The first kappa shape index (κ1) is 20.2. The molecule has 0 spiro atoms. The van der Waals surface area contributed by atoms with Gasteiger partial charge in [0.2, 0.25) is 5.91 Å². The lowest BCUT2D eigenvalue weighted by atomic mass is 9.97. The molecule has 0 aliphatic carbocycles. The first-order valence-electron chi connectivity index (χ1n) is 9.84. The number of primary amides is 1. The van der Waals surface area contributed by atoms with E-state index in [2.05, 4.69) is 6.07 Å². The molecule has 2 N–H and O–H groups in total. The van der Waals surface area contributed by atoms with E-state index in [1.807, 2.05) is 13.0 Å². The summed E-state index contributed by atoms with van der Waals surface area (Å²) in [5, 5.41) is 9.31. The third-order valence-corrected chi connectivity index (χ3v) is 5.29. The van der Waals surface area contributed by atoms with Gasteiger partial charge in [0.25, 0.3) is 0 Å². The zero-order valence-corrected chi connectivity index (χ0v) is 16.9. The minimum absolute atomic E-state index is 0.0520. The van der Waals surface area contributed by atoms with Crippen molar-refractivity contribution in [2.45, 2.75) is 19.4 Å². The normalized spacial score (nSPS) is 13.5. The van der Waals surface area contributed by atoms with Gasteiger partial charge in [0.1, 0.15) is 17.6 Å². The summed E-state index contributed by atoms with van der Waals surface area (Å²) in [6.45, 7) is 2.20. The van der Waals surface area contributed by atoms with Gasteiger partial charge in [0.05, 0.1) is 23.8 Å². The van der Waals surface area contributed by atoms with Crippen LogP contribution in [0.2, 0.25) is 0 Å². The monoisotopic (exact) mass is 412 g/mol. The fourth-order valence-electron chi connectivity index (χ4n) is 3.64. The van der Waals surface area contributed by atoms with Gasteiger partial charge in [0, 0.05) is 17.5 Å². The van der Waals surface area contributed by atoms with E-state index in [1.165, 1.54) is 0 Å². The third kappa shape index (κ3) is 3.99. The Morgan fingerprint density at radius 3 is 2.61 bits per heavy atom. The van der Waals surface area contributed by atoms with Crippen molar-refractivity contribution < 1.29 is 19.1 Å². The summed E-state index contributed by atoms with van der Waals surface area (Å²) in [4.78, 5) is 23.6. The van der Waals surface area contributed by atoms with E-state index in [9.17, 15) is 14.9 Å². The molecule has 31 heavy (non-hydrogen) atoms. The van der Waals surface area contributed by atoms with Crippen LogP contribution in [-0.2, 0) is 0 Å². The number of hydrogen-bond acceptors (Lipinski definition) is 5. The fraction of sp³-hybridized carbons (Fsp3) is 0.160. The van der Waals surface area contributed by atoms with Gasteiger partial charge in [0.15, 0.2) is 5.78 Å². The van der Waals surface area contributed by atoms with E-state index >= 15 is 0 Å². The van der Waals surface area contributed by atoms with Gasteiger partial charge in [-0.2, -0.15) is 5.26 Å². The summed E-state index contributed by atoms with van der Waals surface area (Å²) in [5.41, 5.74) is 9.13. The summed E-state index contributed by atoms with van der Waals surface area (Å²) in [6.07, 6.45) is -0.186. The van der Waals surface area contributed by atoms with Gasteiger partial charge in [-0.25, -0.2) is 0 Å². The number of Topliss-reactive ketones (excluding diaryl/α,β-unsaturated/α-hetero) is 1. The van der Waals surface area contributed by atoms with Crippen LogP contribution in [-0.4, -0.2) is 18.3 Å². The first-order chi connectivity index (χ1) is 15.0. The molecule has 1 atom stereocenters. The second-order valence-corrected chi connectivity index (χ2v) is 7.31. The van der Waals surface area contributed by atoms with Gasteiger partial charge in [-0.05, 0) is 54.4 Å². The lowest BCUT2D eigenvalue weighted by Crippen LogP contribution is -2.17. The van der Waals surface area contributed by atoms with Gasteiger partial charge in [-0.1, -0.05) is 24.3 Å². The molecule has 0 fully saturated rings. The highest BCUT2D eigenvalue weighted by Crippen LogP contribution is 2.38. The SMILES string of the molecule is Cc1c(O[C@H](c2ccc(C(N)=O)cc2)c2cccc(C#N)c2)ccc2c1OCCC2=O. The maximum Gasteiger partial charge on any atom is 0.248 e. The Morgan fingerprint density at radius 2 is 1.90 bits per heavy atom. The van der Waals surface area contributed by atoms with E-state index in [0.29, 0.717) is 41.2 Å². The van der Waals surface area contributed by atoms with Crippen LogP contribution >= 0.6 is 0 Å². The quantitative estimate of drug-likeness (QED) is 0.680. The number of rotatable bonds is 5. The van der Waals surface area contributed by atoms with Crippen molar-refractivity contribution in [2.24, 2.45) is 5.73 Å². The zero-order valence-electron chi connectivity index (χ0n) is 16.9. The minimum Gasteiger partial charge on any atom is -0.492 e. The molecule has 0 aromatic heterocycles. The lowest BCUT2D eigenvalue weighted by Gasteiger charge is -2.24. The van der Waals surface area contributed by atoms with E-state index < -0.39 is 12.0 Å². The Balaban J connectivity index is 1.77. The van der Waals surface area contributed by atoms with Crippen LogP contribution in [0.25, 0.3) is 0 Å². The lowest BCUT2D eigenvalue weighted by molar-refractivity contribution is 0.0931. The van der Waals surface area contributed by atoms with Crippen molar-refractivity contribution >= 4 is 11.7 Å². The van der Waals surface area contributed by atoms with Gasteiger partial charge in [-0.15, -0.1) is 0 Å². The van der Waals surface area contributed by atoms with E-state index in [-0.39, 0.29) is 5.78 Å². The molecule has 1 heterocycles. The van der Waals surface area contributed by atoms with Gasteiger partial charge in [-0.3, -0.25) is 9.59 Å². The number of ketones is 1. The molecule has 6 heteroatoms. The van der Waals surface area contributed by atoms with Crippen molar-refractivity contribution in [1.29, 1.82) is 5.26 Å². The smallest absolute Gasteiger partial charge is 0.248 e. The third-order valence-electron chi connectivity index (χ3n) is 5.29. The highest BCUT2D eigenvalue weighted by molar-refractivity contribution is 6.00. The number of benzene rings is 3. The zero-order chi connectivity index (χ0) is 22.0. The summed E-state index contributed by atoms with van der Waals surface area (Å²) in [7, 11) is 0. The molecule has 0 unspecified atom stereocenters. The second-order valence-electron chi connectivity index (χ2n) is 7.31. The molecule has 1 aliphatic heterocycles. The summed E-state index contributed by atoms with van der Waals surface area (Å²) >= 11 is 0. The van der Waals surface area contributed by atoms with Crippen LogP contribution in [0.3, 0.4) is 0 Å². The Morgan fingerprint density at radius 1 is 1.13 bits per heavy atom. The van der Waals surface area contributed by atoms with E-state index in [1.54, 1.807) is 54.6 Å². The molecular formula is C25H20N2O4. The van der Waals surface area contributed by atoms with Crippen LogP contribution < -0.4 is 15.2 Å². The molecular weight excluding hydrogens is 392 g/mol. The number of hydrogen-bond donors (Lipinski definition) is 1. The predicted octanol–water partition coefficient (Wildman–Crippen LogP) is 4.10. The number of ether oxygens (including phenoxy) is 2. The molecule has 6 nitrogen and oxygen atoms in total. The molecule has 0 bridgehead atoms. The number of fused-ring (bicyclic) bond motifs is 1. The molecule has 4 rings (SSSR count). The van der Waals surface area contributed by atoms with Crippen LogP contribution in [0.15, 0.2) is 60.7 Å². The molecule has 3 aromatic carbocycles. The largest absolute Gasteiger partial charge is 0.492 e. The average molecular weight is 412 g/mol. The summed E-state index contributed by atoms with van der Waals surface area (Å²) in [5.74, 6) is 0.654. The van der Waals surface area contributed by atoms with Gasteiger partial charge >= 0.3 is 0 Å². The molecule has 1 aliphatic rings. The highest BCUT2D eigenvalue weighted by Gasteiger charge is 2.24. The number of carbonyl (C=O) groups is 2. The van der Waals surface area contributed by atoms with Crippen molar-refractivity contribution in [3.05, 3.63) is 94.0 Å². The van der Waals surface area contributed by atoms with Crippen molar-refractivity contribution in [2.75, 3.05) is 6.61 Å². The van der Waals surface area contributed by atoms with E-state index in [0.717, 1.165) is 16.7 Å². The average Bonchev–Trinajstić information content (AvgIpc) is 2.79. The highest BCUT2D eigenvalue weighted by atomic mass is 16.5. The number of nitrogens with zero attached hydrogens (tertiary/aromatic N) is 1. The first-order valence-corrected chi connectivity index (χ1v) is 9.84. The molecule has 0 radical (unpaired) electrons. The number of carbonyl (C=O) groups excluding carboxylic acids is 2. The summed E-state index contributed by atoms with van der Waals surface area (Å²) in [6, 6.07) is 19.6. The predicted molar refractivity (Wildman–Crippen MR) is 114 cm³/mol. The Hall–Kier alpha value is -4.11. The second kappa shape index (κ2) is 8.33. The number of amides is 1. The molecule has 154 valence electrons. The Kier molecular flexibility index (Phi) is 5.42.